The van der Waals surface area contributed by atoms with Gasteiger partial charge in [-0.1, -0.05) is 6.42 Å². The first-order valence-corrected chi connectivity index (χ1v) is 10.9. The summed E-state index contributed by atoms with van der Waals surface area (Å²) in [6, 6.07) is 8.05. The third-order valence-electron chi connectivity index (χ3n) is 4.96. The lowest BCUT2D eigenvalue weighted by Crippen LogP contribution is -2.35. The van der Waals surface area contributed by atoms with Crippen LogP contribution in [0.2, 0.25) is 0 Å². The van der Waals surface area contributed by atoms with Gasteiger partial charge in [-0.05, 0) is 57.0 Å². The highest BCUT2D eigenvalue weighted by molar-refractivity contribution is 7.89. The minimum atomic E-state index is -3.49. The van der Waals surface area contributed by atoms with Crippen molar-refractivity contribution in [3.05, 3.63) is 52.1 Å². The number of nitrogens with one attached hydrogen (secondary N) is 1. The summed E-state index contributed by atoms with van der Waals surface area (Å²) in [6.45, 7) is 4.81. The highest BCUT2D eigenvalue weighted by Crippen LogP contribution is 2.24. The summed E-state index contributed by atoms with van der Waals surface area (Å²) in [5.74, 6) is 0. The fourth-order valence-corrected chi connectivity index (χ4v) is 4.99. The van der Waals surface area contributed by atoms with Crippen molar-refractivity contribution in [1.82, 2.24) is 18.9 Å². The van der Waals surface area contributed by atoms with Crippen molar-refractivity contribution >= 4 is 27.0 Å². The van der Waals surface area contributed by atoms with Crippen molar-refractivity contribution in [3.8, 4) is 0 Å². The molecule has 3 heterocycles. The zero-order valence-electron chi connectivity index (χ0n) is 16.3. The minimum absolute atomic E-state index is 0.113. The third-order valence-corrected chi connectivity index (χ3v) is 6.87. The lowest BCUT2D eigenvalue weighted by Gasteiger charge is -2.25. The normalized spacial score (nSPS) is 16.1. The number of benzene rings is 1. The van der Waals surface area contributed by atoms with Crippen molar-refractivity contribution < 1.29 is 8.42 Å². The van der Waals surface area contributed by atoms with Gasteiger partial charge in [0, 0.05) is 24.5 Å². The van der Waals surface area contributed by atoms with E-state index in [4.69, 9.17) is 0 Å². The number of hydrogen-bond acceptors (Lipinski definition) is 6. The molecule has 3 aromatic rings. The van der Waals surface area contributed by atoms with Crippen molar-refractivity contribution in [1.29, 1.82) is 0 Å². The molecule has 0 spiro atoms. The van der Waals surface area contributed by atoms with Gasteiger partial charge in [0.1, 0.15) is 0 Å². The topological polar surface area (TPSA) is 112 Å². The highest BCUT2D eigenvalue weighted by atomic mass is 32.2. The first kappa shape index (κ1) is 19.5. The number of fused-ring (bicyclic) bond motifs is 1. The van der Waals surface area contributed by atoms with Crippen LogP contribution in [-0.2, 0) is 10.0 Å². The maximum atomic E-state index is 12.7. The number of sulfonamides is 1. The molecule has 0 unspecified atom stereocenters. The molecule has 1 aromatic carbocycles. The second kappa shape index (κ2) is 7.53. The molecule has 4 rings (SSSR count). The predicted molar refractivity (Wildman–Crippen MR) is 109 cm³/mol. The standard InChI is InChI=1S/C19H22N6O3S/c1-13-12-14(2)25-18(20-13)17(19(26)23-25)22-21-15-6-8-16(9-7-15)29(27,28)24-10-4-3-5-11-24/h6-9,12H,3-5,10-11H2,1-2H3,(H,23,26). The Balaban J connectivity index is 1.61. The number of aryl methyl sites for hydroxylation is 2. The molecule has 0 amide bonds. The van der Waals surface area contributed by atoms with Crippen LogP contribution in [0.3, 0.4) is 0 Å². The SMILES string of the molecule is Cc1cc(C)n2[nH]c(=O)c(N=Nc3ccc(S(=O)(=O)N4CCCCC4)cc3)c2n1. The summed E-state index contributed by atoms with van der Waals surface area (Å²) in [5.41, 5.74) is 2.18. The molecule has 1 saturated heterocycles. The largest absolute Gasteiger partial charge is 0.294 e. The van der Waals surface area contributed by atoms with E-state index in [1.54, 1.807) is 16.6 Å². The molecule has 0 radical (unpaired) electrons. The third kappa shape index (κ3) is 3.73. The second-order valence-electron chi connectivity index (χ2n) is 7.15. The Labute approximate surface area is 168 Å². The first-order valence-electron chi connectivity index (χ1n) is 9.47. The Morgan fingerprint density at radius 1 is 1.03 bits per heavy atom. The van der Waals surface area contributed by atoms with Gasteiger partial charge in [-0.15, -0.1) is 5.11 Å². The molecule has 0 bridgehead atoms. The van der Waals surface area contributed by atoms with E-state index in [2.05, 4.69) is 20.3 Å². The summed E-state index contributed by atoms with van der Waals surface area (Å²) in [4.78, 5) is 16.8. The molecule has 9 nitrogen and oxygen atoms in total. The molecule has 0 aliphatic carbocycles. The predicted octanol–water partition coefficient (Wildman–Crippen LogP) is 3.23. The van der Waals surface area contributed by atoms with Crippen LogP contribution in [-0.4, -0.2) is 40.4 Å². The molecule has 1 fully saturated rings. The molecular weight excluding hydrogens is 392 g/mol. The number of azo groups is 1. The van der Waals surface area contributed by atoms with E-state index in [-0.39, 0.29) is 16.1 Å². The molecule has 29 heavy (non-hydrogen) atoms. The fraction of sp³-hybridized carbons (Fsp3) is 0.368. The van der Waals surface area contributed by atoms with Crippen LogP contribution in [0.1, 0.15) is 30.7 Å². The summed E-state index contributed by atoms with van der Waals surface area (Å²) in [7, 11) is -3.49. The van der Waals surface area contributed by atoms with Crippen molar-refractivity contribution in [2.24, 2.45) is 10.2 Å². The van der Waals surface area contributed by atoms with Crippen LogP contribution < -0.4 is 5.56 Å². The van der Waals surface area contributed by atoms with Crippen LogP contribution in [0, 0.1) is 13.8 Å². The van der Waals surface area contributed by atoms with Crippen LogP contribution in [0.15, 0.2) is 50.3 Å². The summed E-state index contributed by atoms with van der Waals surface area (Å²) < 4.78 is 28.5. The van der Waals surface area contributed by atoms with Gasteiger partial charge >= 0.3 is 0 Å². The van der Waals surface area contributed by atoms with E-state index < -0.39 is 10.0 Å². The quantitative estimate of drug-likeness (QED) is 0.660. The van der Waals surface area contributed by atoms with Crippen LogP contribution in [0.5, 0.6) is 0 Å². The average molecular weight is 414 g/mol. The molecule has 2 aromatic heterocycles. The van der Waals surface area contributed by atoms with Gasteiger partial charge in [-0.2, -0.15) is 9.42 Å². The van der Waals surface area contributed by atoms with Gasteiger partial charge in [-0.3, -0.25) is 9.89 Å². The summed E-state index contributed by atoms with van der Waals surface area (Å²) in [5, 5.41) is 10.8. The smallest absolute Gasteiger partial charge is 0.265 e. The van der Waals surface area contributed by atoms with Gasteiger partial charge < -0.3 is 0 Å². The van der Waals surface area contributed by atoms with Crippen molar-refractivity contribution in [3.63, 3.8) is 0 Å². The van der Waals surface area contributed by atoms with Crippen molar-refractivity contribution in [2.45, 2.75) is 38.0 Å². The average Bonchev–Trinajstić information content (AvgIpc) is 3.03. The Kier molecular flexibility index (Phi) is 5.05. The molecule has 1 aliphatic heterocycles. The number of piperidine rings is 1. The van der Waals surface area contributed by atoms with E-state index in [9.17, 15) is 13.2 Å². The molecular formula is C19H22N6O3S. The number of nitrogens with zero attached hydrogens (tertiary/aromatic N) is 5. The van der Waals surface area contributed by atoms with E-state index in [1.807, 2.05) is 19.9 Å². The Hall–Kier alpha value is -2.85. The molecule has 1 N–H and O–H groups in total. The maximum absolute atomic E-state index is 12.7. The lowest BCUT2D eigenvalue weighted by molar-refractivity contribution is 0.346. The maximum Gasteiger partial charge on any atom is 0.294 e. The van der Waals surface area contributed by atoms with Crippen LogP contribution in [0.4, 0.5) is 11.4 Å². The zero-order valence-corrected chi connectivity index (χ0v) is 17.1. The number of rotatable bonds is 4. The Bertz CT molecular complexity index is 1240. The molecule has 10 heteroatoms. The monoisotopic (exact) mass is 414 g/mol. The van der Waals surface area contributed by atoms with Gasteiger partial charge in [0.05, 0.1) is 10.6 Å². The van der Waals surface area contributed by atoms with Gasteiger partial charge in [-0.25, -0.2) is 17.9 Å². The molecule has 152 valence electrons. The number of H-pyrrole nitrogens is 1. The second-order valence-corrected chi connectivity index (χ2v) is 9.08. The van der Waals surface area contributed by atoms with E-state index in [1.165, 1.54) is 16.4 Å². The van der Waals surface area contributed by atoms with Gasteiger partial charge in [0.25, 0.3) is 5.56 Å². The highest BCUT2D eigenvalue weighted by Gasteiger charge is 2.25. The number of hydrogen-bond donors (Lipinski definition) is 1. The lowest BCUT2D eigenvalue weighted by atomic mass is 10.2. The van der Waals surface area contributed by atoms with E-state index >= 15 is 0 Å². The van der Waals surface area contributed by atoms with Crippen LogP contribution >= 0.6 is 0 Å². The summed E-state index contributed by atoms with van der Waals surface area (Å²) >= 11 is 0. The van der Waals surface area contributed by atoms with Crippen LogP contribution in [0.25, 0.3) is 5.65 Å². The summed E-state index contributed by atoms with van der Waals surface area (Å²) in [6.07, 6.45) is 2.84. The fourth-order valence-electron chi connectivity index (χ4n) is 3.48. The minimum Gasteiger partial charge on any atom is -0.265 e. The Morgan fingerprint density at radius 3 is 2.41 bits per heavy atom. The molecule has 0 atom stereocenters. The number of aromatic nitrogens is 3. The Morgan fingerprint density at radius 2 is 1.72 bits per heavy atom. The van der Waals surface area contributed by atoms with E-state index in [0.717, 1.165) is 30.7 Å². The molecule has 0 saturated carbocycles. The van der Waals surface area contributed by atoms with Gasteiger partial charge in [0.2, 0.25) is 10.0 Å². The zero-order chi connectivity index (χ0) is 20.6. The van der Waals surface area contributed by atoms with E-state index in [0.29, 0.717) is 24.4 Å². The van der Waals surface area contributed by atoms with Crippen molar-refractivity contribution in [2.75, 3.05) is 13.1 Å². The number of aromatic amines is 1. The first-order chi connectivity index (χ1) is 13.9. The molecule has 1 aliphatic rings. The van der Waals surface area contributed by atoms with Gasteiger partial charge in [0.15, 0.2) is 11.3 Å².